The molecule has 24 heavy (non-hydrogen) atoms. The zero-order valence-corrected chi connectivity index (χ0v) is 14.8. The smallest absolute Gasteiger partial charge is 0.232 e. The van der Waals surface area contributed by atoms with Crippen LogP contribution in [-0.2, 0) is 15.3 Å². The van der Waals surface area contributed by atoms with Gasteiger partial charge in [0.15, 0.2) is 0 Å². The minimum atomic E-state index is -0.0116. The van der Waals surface area contributed by atoms with Crippen LogP contribution in [0.15, 0.2) is 54.6 Å². The first kappa shape index (κ1) is 17.1. The lowest BCUT2D eigenvalue weighted by molar-refractivity contribution is -0.136. The molecule has 0 aliphatic carbocycles. The zero-order chi connectivity index (χ0) is 16.8. The Bertz CT molecular complexity index is 657. The second kappa shape index (κ2) is 8.36. The molecule has 1 aliphatic heterocycles. The summed E-state index contributed by atoms with van der Waals surface area (Å²) in [6, 6.07) is 18.6. The molecule has 3 nitrogen and oxygen atoms in total. The molecule has 0 N–H and O–H groups in total. The second-order valence-corrected chi connectivity index (χ2v) is 7.07. The van der Waals surface area contributed by atoms with Crippen LogP contribution in [0.3, 0.4) is 0 Å². The van der Waals surface area contributed by atoms with E-state index in [9.17, 15) is 4.79 Å². The van der Waals surface area contributed by atoms with Gasteiger partial charge in [0.05, 0.1) is 18.9 Å². The minimum Gasteiger partial charge on any atom is -0.370 e. The molecule has 1 amide bonds. The van der Waals surface area contributed by atoms with Crippen LogP contribution in [0.25, 0.3) is 0 Å². The van der Waals surface area contributed by atoms with Crippen molar-refractivity contribution in [2.24, 2.45) is 0 Å². The summed E-state index contributed by atoms with van der Waals surface area (Å²) < 4.78 is 5.86. The van der Waals surface area contributed by atoms with Crippen LogP contribution in [-0.4, -0.2) is 36.3 Å². The highest BCUT2D eigenvalue weighted by atomic mass is 32.2. The van der Waals surface area contributed by atoms with Gasteiger partial charge >= 0.3 is 0 Å². The third-order valence-corrected chi connectivity index (χ3v) is 5.19. The fourth-order valence-corrected chi connectivity index (χ4v) is 3.67. The van der Waals surface area contributed by atoms with Crippen LogP contribution >= 0.6 is 11.8 Å². The van der Waals surface area contributed by atoms with E-state index in [-0.39, 0.29) is 12.0 Å². The fraction of sp³-hybridized carbons (Fsp3) is 0.350. The Labute approximate surface area is 148 Å². The molecule has 1 heterocycles. The fourth-order valence-electron chi connectivity index (χ4n) is 2.78. The highest BCUT2D eigenvalue weighted by molar-refractivity contribution is 7.99. The second-order valence-electron chi connectivity index (χ2n) is 6.09. The summed E-state index contributed by atoms with van der Waals surface area (Å²) in [5.74, 6) is 1.60. The number of hydrogen-bond donors (Lipinski definition) is 0. The summed E-state index contributed by atoms with van der Waals surface area (Å²) in [4.78, 5) is 14.4. The Kier molecular flexibility index (Phi) is 5.94. The van der Waals surface area contributed by atoms with Crippen LogP contribution in [0.4, 0.5) is 0 Å². The number of rotatable bonds is 5. The number of hydrogen-bond acceptors (Lipinski definition) is 3. The number of benzene rings is 2. The first-order valence-corrected chi connectivity index (χ1v) is 9.45. The lowest BCUT2D eigenvalue weighted by atomic mass is 10.1. The van der Waals surface area contributed by atoms with E-state index in [0.717, 1.165) is 11.3 Å². The first-order valence-electron chi connectivity index (χ1n) is 8.30. The predicted molar refractivity (Wildman–Crippen MR) is 99.1 cm³/mol. The van der Waals surface area contributed by atoms with E-state index in [4.69, 9.17) is 4.74 Å². The molecular weight excluding hydrogens is 318 g/mol. The minimum absolute atomic E-state index is 0.0116. The topological polar surface area (TPSA) is 29.5 Å². The molecule has 1 saturated heterocycles. The van der Waals surface area contributed by atoms with Gasteiger partial charge in [-0.05, 0) is 18.1 Å². The quantitative estimate of drug-likeness (QED) is 0.828. The van der Waals surface area contributed by atoms with Gasteiger partial charge in [-0.25, -0.2) is 0 Å². The molecule has 0 spiro atoms. The highest BCUT2D eigenvalue weighted by Gasteiger charge is 2.25. The van der Waals surface area contributed by atoms with Gasteiger partial charge in [0.2, 0.25) is 5.91 Å². The molecule has 1 atom stereocenters. The Morgan fingerprint density at radius 3 is 2.67 bits per heavy atom. The molecular formula is C20H23NO2S. The van der Waals surface area contributed by atoms with Gasteiger partial charge in [-0.2, -0.15) is 0 Å². The SMILES string of the molecule is Cc1ccc(C2CN(C(=O)CSCc3ccccc3)CCO2)cc1. The van der Waals surface area contributed by atoms with Gasteiger partial charge in [0.1, 0.15) is 6.10 Å². The van der Waals surface area contributed by atoms with Crippen molar-refractivity contribution < 1.29 is 9.53 Å². The van der Waals surface area contributed by atoms with E-state index < -0.39 is 0 Å². The number of carbonyl (C=O) groups is 1. The third-order valence-electron chi connectivity index (χ3n) is 4.21. The van der Waals surface area contributed by atoms with Gasteiger partial charge in [-0.3, -0.25) is 4.79 Å². The predicted octanol–water partition coefficient (Wildman–Crippen LogP) is 3.83. The van der Waals surface area contributed by atoms with Crippen LogP contribution in [0, 0.1) is 6.92 Å². The van der Waals surface area contributed by atoms with Crippen LogP contribution in [0.5, 0.6) is 0 Å². The zero-order valence-electron chi connectivity index (χ0n) is 14.0. The number of aryl methyl sites for hydroxylation is 1. The van der Waals surface area contributed by atoms with E-state index in [1.807, 2.05) is 23.1 Å². The Hall–Kier alpha value is -1.78. The van der Waals surface area contributed by atoms with Gasteiger partial charge in [-0.15, -0.1) is 11.8 Å². The maximum Gasteiger partial charge on any atom is 0.232 e. The third kappa shape index (κ3) is 4.62. The summed E-state index contributed by atoms with van der Waals surface area (Å²) in [6.45, 7) is 4.01. The molecule has 0 aromatic heterocycles. The normalized spacial score (nSPS) is 17.7. The average molecular weight is 341 g/mol. The van der Waals surface area contributed by atoms with Crippen molar-refractivity contribution in [2.75, 3.05) is 25.4 Å². The number of ether oxygens (including phenoxy) is 1. The lowest BCUT2D eigenvalue weighted by Crippen LogP contribution is -2.43. The Balaban J connectivity index is 1.50. The Morgan fingerprint density at radius 2 is 1.92 bits per heavy atom. The summed E-state index contributed by atoms with van der Waals surface area (Å²) in [5.41, 5.74) is 3.64. The Morgan fingerprint density at radius 1 is 1.17 bits per heavy atom. The van der Waals surface area contributed by atoms with Crippen molar-refractivity contribution in [3.05, 3.63) is 71.3 Å². The van der Waals surface area contributed by atoms with Gasteiger partial charge < -0.3 is 9.64 Å². The molecule has 3 rings (SSSR count). The molecule has 1 unspecified atom stereocenters. The summed E-state index contributed by atoms with van der Waals surface area (Å²) in [7, 11) is 0. The molecule has 2 aromatic rings. The van der Waals surface area contributed by atoms with E-state index in [2.05, 4.69) is 43.3 Å². The molecule has 126 valence electrons. The summed E-state index contributed by atoms with van der Waals surface area (Å²) >= 11 is 1.68. The molecule has 1 aliphatic rings. The van der Waals surface area contributed by atoms with Crippen molar-refractivity contribution in [3.8, 4) is 0 Å². The van der Waals surface area contributed by atoms with Crippen LogP contribution < -0.4 is 0 Å². The van der Waals surface area contributed by atoms with E-state index >= 15 is 0 Å². The first-order chi connectivity index (χ1) is 11.7. The monoisotopic (exact) mass is 341 g/mol. The largest absolute Gasteiger partial charge is 0.370 e. The van der Waals surface area contributed by atoms with Gasteiger partial charge in [0, 0.05) is 12.3 Å². The summed E-state index contributed by atoms with van der Waals surface area (Å²) in [6.07, 6.45) is -0.0116. The van der Waals surface area contributed by atoms with Crippen molar-refractivity contribution in [3.63, 3.8) is 0 Å². The molecule has 0 saturated carbocycles. The molecule has 2 aromatic carbocycles. The molecule has 0 bridgehead atoms. The molecule has 1 fully saturated rings. The summed E-state index contributed by atoms with van der Waals surface area (Å²) in [5, 5.41) is 0. The number of nitrogens with zero attached hydrogens (tertiary/aromatic N) is 1. The molecule has 4 heteroatoms. The van der Waals surface area contributed by atoms with Crippen molar-refractivity contribution in [1.29, 1.82) is 0 Å². The van der Waals surface area contributed by atoms with Crippen LogP contribution in [0.2, 0.25) is 0 Å². The maximum atomic E-state index is 12.5. The molecule has 0 radical (unpaired) electrons. The van der Waals surface area contributed by atoms with Crippen molar-refractivity contribution >= 4 is 17.7 Å². The van der Waals surface area contributed by atoms with Crippen molar-refractivity contribution in [1.82, 2.24) is 4.90 Å². The standard InChI is InChI=1S/C20H23NO2S/c1-16-7-9-18(10-8-16)19-13-21(11-12-23-19)20(22)15-24-14-17-5-3-2-4-6-17/h2-10,19H,11-15H2,1H3. The number of morpholine rings is 1. The van der Waals surface area contributed by atoms with Crippen molar-refractivity contribution in [2.45, 2.75) is 18.8 Å². The number of amides is 1. The average Bonchev–Trinajstić information content (AvgIpc) is 2.63. The number of carbonyl (C=O) groups excluding carboxylic acids is 1. The van der Waals surface area contributed by atoms with Crippen LogP contribution in [0.1, 0.15) is 22.8 Å². The van der Waals surface area contributed by atoms with E-state index in [0.29, 0.717) is 25.4 Å². The highest BCUT2D eigenvalue weighted by Crippen LogP contribution is 2.23. The van der Waals surface area contributed by atoms with Gasteiger partial charge in [0.25, 0.3) is 0 Å². The number of thioether (sulfide) groups is 1. The van der Waals surface area contributed by atoms with E-state index in [1.165, 1.54) is 11.1 Å². The van der Waals surface area contributed by atoms with E-state index in [1.54, 1.807) is 11.8 Å². The maximum absolute atomic E-state index is 12.5. The van der Waals surface area contributed by atoms with Gasteiger partial charge in [-0.1, -0.05) is 60.2 Å². The lowest BCUT2D eigenvalue weighted by Gasteiger charge is -2.33.